The largest absolute Gasteiger partial charge is 0.481 e. The highest BCUT2D eigenvalue weighted by atomic mass is 16.5. The third-order valence-electron chi connectivity index (χ3n) is 18.5. The van der Waals surface area contributed by atoms with Gasteiger partial charge in [-0.25, -0.2) is 0 Å². The summed E-state index contributed by atoms with van der Waals surface area (Å²) in [7, 11) is 0. The molecular weight excluding hydrogens is 719 g/mol. The van der Waals surface area contributed by atoms with E-state index in [-0.39, 0.29) is 75.5 Å². The topological polar surface area (TPSA) is 151 Å². The number of rotatable bonds is 8. The Morgan fingerprint density at radius 1 is 0.807 bits per heavy atom. The molecule has 0 spiro atoms. The highest BCUT2D eigenvalue weighted by Gasteiger charge is 2.71. The smallest absolute Gasteiger partial charge is 0.309 e. The van der Waals surface area contributed by atoms with Crippen molar-refractivity contribution in [2.24, 2.45) is 68.5 Å². The first kappa shape index (κ1) is 42.4. The van der Waals surface area contributed by atoms with Crippen LogP contribution >= 0.6 is 0 Å². The van der Waals surface area contributed by atoms with Crippen molar-refractivity contribution < 1.29 is 33.8 Å². The summed E-state index contributed by atoms with van der Waals surface area (Å²) in [6, 6.07) is 0. The second-order valence-corrected chi connectivity index (χ2v) is 22.7. The van der Waals surface area contributed by atoms with Crippen LogP contribution in [0.15, 0.2) is 11.1 Å². The summed E-state index contributed by atoms with van der Waals surface area (Å²) in [5, 5.41) is 19.6. The minimum Gasteiger partial charge on any atom is -0.481 e. The normalized spacial score (nSPS) is 41.2. The summed E-state index contributed by atoms with van der Waals surface area (Å²) in [6.07, 6.45) is 9.41. The Balaban J connectivity index is 1.13. The van der Waals surface area contributed by atoms with Gasteiger partial charge in [0.1, 0.15) is 11.6 Å². The van der Waals surface area contributed by atoms with Crippen LogP contribution < -0.4 is 16.0 Å². The van der Waals surface area contributed by atoms with Gasteiger partial charge in [-0.1, -0.05) is 62.3 Å². The van der Waals surface area contributed by atoms with E-state index in [9.17, 15) is 29.1 Å². The van der Waals surface area contributed by atoms with Crippen molar-refractivity contribution in [2.75, 3.05) is 13.1 Å². The maximum atomic E-state index is 14.4. The molecule has 1 aliphatic heterocycles. The molecule has 10 heteroatoms. The third-order valence-corrected chi connectivity index (χ3v) is 18.5. The fourth-order valence-electron chi connectivity index (χ4n) is 14.8. The summed E-state index contributed by atoms with van der Waals surface area (Å²) < 4.78 is 6.42. The van der Waals surface area contributed by atoms with Gasteiger partial charge in [-0.2, -0.15) is 0 Å². The van der Waals surface area contributed by atoms with E-state index < -0.39 is 34.3 Å². The molecule has 57 heavy (non-hydrogen) atoms. The lowest BCUT2D eigenvalue weighted by atomic mass is 9.33. The summed E-state index contributed by atoms with van der Waals surface area (Å²) in [4.78, 5) is 67.3. The quantitative estimate of drug-likeness (QED) is 0.186. The second-order valence-electron chi connectivity index (χ2n) is 22.7. The average molecular weight is 792 g/mol. The number of carbonyl (C=O) groups is 5. The Bertz CT molecular complexity index is 1740. The van der Waals surface area contributed by atoms with Crippen LogP contribution in [0, 0.1) is 68.5 Å². The van der Waals surface area contributed by atoms with Crippen LogP contribution in [0.2, 0.25) is 0 Å². The fourth-order valence-corrected chi connectivity index (χ4v) is 14.8. The molecule has 1 heterocycles. The molecular formula is C47H73N3O7. The molecule has 0 aromatic rings. The number of amides is 2. The first-order valence-corrected chi connectivity index (χ1v) is 22.4. The van der Waals surface area contributed by atoms with E-state index in [1.807, 2.05) is 13.8 Å². The van der Waals surface area contributed by atoms with Gasteiger partial charge in [-0.05, 0) is 154 Å². The molecule has 0 aromatic carbocycles. The zero-order valence-electron chi connectivity index (χ0n) is 36.9. The number of allylic oxidation sites excluding steroid dienone is 1. The van der Waals surface area contributed by atoms with Gasteiger partial charge in [-0.15, -0.1) is 0 Å². The maximum absolute atomic E-state index is 14.4. The van der Waals surface area contributed by atoms with Crippen LogP contribution in [0.3, 0.4) is 0 Å². The molecule has 0 radical (unpaired) electrons. The summed E-state index contributed by atoms with van der Waals surface area (Å²) in [5.74, 6) is -1.24. The van der Waals surface area contributed by atoms with E-state index in [1.54, 1.807) is 13.8 Å². The van der Waals surface area contributed by atoms with Crippen molar-refractivity contribution in [1.29, 1.82) is 0 Å². The maximum Gasteiger partial charge on any atom is 0.309 e. The molecule has 10 nitrogen and oxygen atoms in total. The molecule has 7 aliphatic rings. The third kappa shape index (κ3) is 6.28. The van der Waals surface area contributed by atoms with Crippen LogP contribution in [0.25, 0.3) is 0 Å². The van der Waals surface area contributed by atoms with Gasteiger partial charge in [0.05, 0.1) is 17.4 Å². The molecule has 6 aliphatic carbocycles. The lowest BCUT2D eigenvalue weighted by Crippen LogP contribution is -2.68. The number of carboxylic acid groups (broad SMARTS) is 1. The van der Waals surface area contributed by atoms with Gasteiger partial charge in [0.15, 0.2) is 5.78 Å². The summed E-state index contributed by atoms with van der Waals surface area (Å²) >= 11 is 0. The highest BCUT2D eigenvalue weighted by molar-refractivity contribution is 6.03. The molecule has 2 amide bonds. The molecule has 6 fully saturated rings. The lowest BCUT2D eigenvalue weighted by molar-refractivity contribution is -0.235. The van der Waals surface area contributed by atoms with Crippen molar-refractivity contribution >= 4 is 29.5 Å². The molecule has 0 aromatic heterocycles. The van der Waals surface area contributed by atoms with Crippen LogP contribution in [-0.2, 0) is 28.7 Å². The number of piperidine rings is 1. The molecule has 7 rings (SSSR count). The van der Waals surface area contributed by atoms with Gasteiger partial charge in [0, 0.05) is 17.8 Å². The molecule has 10 atom stereocenters. The number of ether oxygens (including phenoxy) is 1. The van der Waals surface area contributed by atoms with E-state index in [2.05, 4.69) is 64.4 Å². The SMILES string of the molecule is CC(C)C1=C2[C@H]3CC[C@@H]4[C@@]5(C)CC[C@H](OC(=O)C6C[C@@H](C(=O)O)C6(C)C)C(C)(C)[C@@H]5CC[C@@]4(C)[C@]3(C)CC[C@@]2(NC(=O)C(C)(C)NC(=O)C2CCNCC2)CC1=O. The average Bonchev–Trinajstić information content (AvgIpc) is 3.41. The van der Waals surface area contributed by atoms with Gasteiger partial charge in [0.25, 0.3) is 0 Å². The van der Waals surface area contributed by atoms with Crippen molar-refractivity contribution in [3.63, 3.8) is 0 Å². The predicted octanol–water partition coefficient (Wildman–Crippen LogP) is 7.39. The Labute approximate surface area is 341 Å². The second kappa shape index (κ2) is 13.9. The monoisotopic (exact) mass is 792 g/mol. The number of aliphatic carboxylic acids is 1. The number of hydrogen-bond donors (Lipinski definition) is 4. The number of carbonyl (C=O) groups excluding carboxylic acids is 4. The summed E-state index contributed by atoms with van der Waals surface area (Å²) in [5.41, 5.74) is -0.685. The number of ketones is 1. The van der Waals surface area contributed by atoms with Crippen molar-refractivity contribution in [3.8, 4) is 0 Å². The molecule has 5 saturated carbocycles. The zero-order chi connectivity index (χ0) is 41.9. The first-order chi connectivity index (χ1) is 26.4. The zero-order valence-corrected chi connectivity index (χ0v) is 36.9. The Hall–Kier alpha value is -2.75. The molecule has 4 N–H and O–H groups in total. The van der Waals surface area contributed by atoms with Gasteiger partial charge in [-0.3, -0.25) is 24.0 Å². The van der Waals surface area contributed by atoms with Crippen molar-refractivity contribution in [2.45, 2.75) is 170 Å². The molecule has 0 bridgehead atoms. The minimum atomic E-state index is -1.13. The molecule has 1 unspecified atom stereocenters. The number of fused-ring (bicyclic) bond motifs is 7. The van der Waals surface area contributed by atoms with Crippen molar-refractivity contribution in [1.82, 2.24) is 16.0 Å². The molecule has 318 valence electrons. The molecule has 1 saturated heterocycles. The van der Waals surface area contributed by atoms with Gasteiger partial charge < -0.3 is 25.8 Å². The van der Waals surface area contributed by atoms with Crippen molar-refractivity contribution in [3.05, 3.63) is 11.1 Å². The fraction of sp³-hybridized carbons (Fsp3) is 0.851. The highest BCUT2D eigenvalue weighted by Crippen LogP contribution is 2.76. The van der Waals surface area contributed by atoms with Crippen LogP contribution in [-0.4, -0.2) is 64.9 Å². The lowest BCUT2D eigenvalue weighted by Gasteiger charge is -2.72. The minimum absolute atomic E-state index is 0.00154. The van der Waals surface area contributed by atoms with E-state index in [0.29, 0.717) is 24.7 Å². The summed E-state index contributed by atoms with van der Waals surface area (Å²) in [6.45, 7) is 25.3. The van der Waals surface area contributed by atoms with E-state index >= 15 is 0 Å². The number of carboxylic acids is 1. The van der Waals surface area contributed by atoms with Crippen LogP contribution in [0.5, 0.6) is 0 Å². The number of nitrogens with one attached hydrogen (secondary N) is 3. The van der Waals surface area contributed by atoms with Gasteiger partial charge >= 0.3 is 11.9 Å². The number of hydrogen-bond acceptors (Lipinski definition) is 7. The Kier molecular flexibility index (Phi) is 10.3. The predicted molar refractivity (Wildman–Crippen MR) is 219 cm³/mol. The van der Waals surface area contributed by atoms with Gasteiger partial charge in [0.2, 0.25) is 11.8 Å². The number of Topliss-reactive ketones (excluding diaryl/α,β-unsaturated/α-hetero) is 1. The van der Waals surface area contributed by atoms with E-state index in [1.165, 1.54) is 5.57 Å². The van der Waals surface area contributed by atoms with Crippen LogP contribution in [0.4, 0.5) is 0 Å². The van der Waals surface area contributed by atoms with E-state index in [4.69, 9.17) is 4.74 Å². The van der Waals surface area contributed by atoms with E-state index in [0.717, 1.165) is 76.5 Å². The Morgan fingerprint density at radius 2 is 1.47 bits per heavy atom. The van der Waals surface area contributed by atoms with Crippen LogP contribution in [0.1, 0.15) is 153 Å². The Morgan fingerprint density at radius 3 is 2.09 bits per heavy atom. The standard InChI is InChI=1S/C47H73N3O7/c1-26(2)35-31(51)25-47(50-40(56)43(7,8)49-37(52)27-16-22-48-23-17-27)21-20-45(10)28(36(35)47)12-13-33-44(9)18-15-34(42(5,6)32(44)14-19-46(33,45)11)57-39(55)30-24-29(38(53)54)41(30,3)4/h26-30,32-34,48H,12-25H2,1-11H3,(H,49,52)(H,50,56)(H,53,54)/t28-,29+,30?,32+,33-,34+,44+,45-,46-,47-/m1/s1. The number of esters is 1. The first-order valence-electron chi connectivity index (χ1n) is 22.4.